The van der Waals surface area contributed by atoms with E-state index in [2.05, 4.69) is 29.4 Å². The van der Waals surface area contributed by atoms with E-state index in [0.29, 0.717) is 36.5 Å². The number of nitrogens with zero attached hydrogens (tertiary/aromatic N) is 1. The molecule has 1 heterocycles. The standard InChI is InChI=1S/C19H28ClN3O3/c1-14-12-23(13-15(2)26-14)11-10-21-18(24)4-3-9-22-19(25)16-5-7-17(20)8-6-16/h5-8,14-15H,3-4,9-13H2,1-2H3,(H,21,24)(H,22,25)/t14-,15+. The SMILES string of the molecule is C[C@@H]1CN(CCNC(=O)CCCNC(=O)c2ccc(Cl)cc2)C[C@H](C)O1. The predicted molar refractivity (Wildman–Crippen MR) is 102 cm³/mol. The van der Waals surface area contributed by atoms with Crippen molar-refractivity contribution in [2.45, 2.75) is 38.9 Å². The van der Waals surface area contributed by atoms with Gasteiger partial charge >= 0.3 is 0 Å². The van der Waals surface area contributed by atoms with Gasteiger partial charge in [0.15, 0.2) is 0 Å². The second kappa shape index (κ2) is 10.5. The zero-order valence-corrected chi connectivity index (χ0v) is 16.2. The summed E-state index contributed by atoms with van der Waals surface area (Å²) < 4.78 is 5.70. The molecule has 0 saturated carbocycles. The molecule has 2 atom stereocenters. The van der Waals surface area contributed by atoms with Crippen LogP contribution in [0.3, 0.4) is 0 Å². The molecule has 1 aromatic rings. The monoisotopic (exact) mass is 381 g/mol. The number of amides is 2. The Morgan fingerprint density at radius 1 is 1.12 bits per heavy atom. The lowest BCUT2D eigenvalue weighted by atomic mass is 10.2. The molecule has 7 heteroatoms. The highest BCUT2D eigenvalue weighted by atomic mass is 35.5. The van der Waals surface area contributed by atoms with Gasteiger partial charge in [-0.15, -0.1) is 0 Å². The summed E-state index contributed by atoms with van der Waals surface area (Å²) in [5, 5.41) is 6.34. The summed E-state index contributed by atoms with van der Waals surface area (Å²) in [5.41, 5.74) is 0.563. The van der Waals surface area contributed by atoms with Gasteiger partial charge in [-0.25, -0.2) is 0 Å². The molecule has 0 bridgehead atoms. The minimum Gasteiger partial charge on any atom is -0.373 e. The fourth-order valence-corrected chi connectivity index (χ4v) is 3.19. The Morgan fingerprint density at radius 2 is 1.77 bits per heavy atom. The van der Waals surface area contributed by atoms with Gasteiger partial charge in [-0.1, -0.05) is 11.6 Å². The van der Waals surface area contributed by atoms with Crippen molar-refractivity contribution in [3.63, 3.8) is 0 Å². The molecule has 26 heavy (non-hydrogen) atoms. The lowest BCUT2D eigenvalue weighted by Gasteiger charge is -2.35. The third kappa shape index (κ3) is 7.32. The zero-order chi connectivity index (χ0) is 18.9. The van der Waals surface area contributed by atoms with Crippen molar-refractivity contribution in [3.05, 3.63) is 34.9 Å². The van der Waals surface area contributed by atoms with Crippen molar-refractivity contribution in [1.29, 1.82) is 0 Å². The molecular formula is C19H28ClN3O3. The van der Waals surface area contributed by atoms with E-state index in [4.69, 9.17) is 16.3 Å². The fraction of sp³-hybridized carbons (Fsp3) is 0.579. The molecular weight excluding hydrogens is 354 g/mol. The second-order valence-corrected chi connectivity index (χ2v) is 7.17. The average Bonchev–Trinajstić information content (AvgIpc) is 2.58. The number of hydrogen-bond acceptors (Lipinski definition) is 4. The first-order valence-electron chi connectivity index (χ1n) is 9.12. The molecule has 0 radical (unpaired) electrons. The van der Waals surface area contributed by atoms with Gasteiger partial charge < -0.3 is 15.4 Å². The number of halogens is 1. The Morgan fingerprint density at radius 3 is 2.42 bits per heavy atom. The average molecular weight is 382 g/mol. The lowest BCUT2D eigenvalue weighted by molar-refractivity contribution is -0.121. The molecule has 6 nitrogen and oxygen atoms in total. The molecule has 0 aliphatic carbocycles. The quantitative estimate of drug-likeness (QED) is 0.676. The summed E-state index contributed by atoms with van der Waals surface area (Å²) in [6, 6.07) is 6.72. The molecule has 1 aromatic carbocycles. The van der Waals surface area contributed by atoms with Crippen LogP contribution in [-0.4, -0.2) is 61.6 Å². The van der Waals surface area contributed by atoms with E-state index in [1.165, 1.54) is 0 Å². The number of rotatable bonds is 8. The summed E-state index contributed by atoms with van der Waals surface area (Å²) >= 11 is 5.80. The maximum absolute atomic E-state index is 11.9. The third-order valence-electron chi connectivity index (χ3n) is 4.22. The van der Waals surface area contributed by atoms with Crippen molar-refractivity contribution in [1.82, 2.24) is 15.5 Å². The molecule has 0 spiro atoms. The van der Waals surface area contributed by atoms with Crippen molar-refractivity contribution in [2.24, 2.45) is 0 Å². The van der Waals surface area contributed by atoms with Crippen LogP contribution in [0, 0.1) is 0 Å². The normalized spacial score (nSPS) is 20.6. The number of hydrogen-bond donors (Lipinski definition) is 2. The van der Waals surface area contributed by atoms with E-state index >= 15 is 0 Å². The van der Waals surface area contributed by atoms with Crippen LogP contribution >= 0.6 is 11.6 Å². The molecule has 0 unspecified atom stereocenters. The van der Waals surface area contributed by atoms with E-state index in [0.717, 1.165) is 19.6 Å². The van der Waals surface area contributed by atoms with E-state index < -0.39 is 0 Å². The van der Waals surface area contributed by atoms with E-state index in [9.17, 15) is 9.59 Å². The molecule has 2 rings (SSSR count). The van der Waals surface area contributed by atoms with Gasteiger partial charge in [0.1, 0.15) is 0 Å². The van der Waals surface area contributed by atoms with Crippen LogP contribution in [0.5, 0.6) is 0 Å². The third-order valence-corrected chi connectivity index (χ3v) is 4.47. The number of carbonyl (C=O) groups excluding carboxylic acids is 2. The minimum atomic E-state index is -0.155. The van der Waals surface area contributed by atoms with Gasteiger partial charge in [-0.05, 0) is 44.5 Å². The number of benzene rings is 1. The predicted octanol–water partition coefficient (Wildman–Crippen LogP) is 2.08. The van der Waals surface area contributed by atoms with Crippen LogP contribution in [0.4, 0.5) is 0 Å². The van der Waals surface area contributed by atoms with Crippen LogP contribution in [0.2, 0.25) is 5.02 Å². The maximum Gasteiger partial charge on any atom is 0.251 e. The van der Waals surface area contributed by atoms with Crippen molar-refractivity contribution < 1.29 is 14.3 Å². The fourth-order valence-electron chi connectivity index (χ4n) is 3.06. The molecule has 2 amide bonds. The highest BCUT2D eigenvalue weighted by Crippen LogP contribution is 2.10. The number of carbonyl (C=O) groups is 2. The van der Waals surface area contributed by atoms with Gasteiger partial charge in [0.05, 0.1) is 12.2 Å². The van der Waals surface area contributed by atoms with Crippen molar-refractivity contribution >= 4 is 23.4 Å². The van der Waals surface area contributed by atoms with Crippen LogP contribution < -0.4 is 10.6 Å². The Hall–Kier alpha value is -1.63. The molecule has 1 aliphatic heterocycles. The van der Waals surface area contributed by atoms with Crippen molar-refractivity contribution in [2.75, 3.05) is 32.7 Å². The topological polar surface area (TPSA) is 70.7 Å². The van der Waals surface area contributed by atoms with Gasteiger partial charge in [0.2, 0.25) is 5.91 Å². The number of morpholine rings is 1. The highest BCUT2D eigenvalue weighted by molar-refractivity contribution is 6.30. The molecule has 2 N–H and O–H groups in total. The minimum absolute atomic E-state index is 0.0140. The van der Waals surface area contributed by atoms with Crippen LogP contribution in [0.1, 0.15) is 37.0 Å². The second-order valence-electron chi connectivity index (χ2n) is 6.73. The summed E-state index contributed by atoms with van der Waals surface area (Å²) in [5.74, 6) is -0.141. The Balaban J connectivity index is 1.55. The van der Waals surface area contributed by atoms with E-state index in [1.54, 1.807) is 24.3 Å². The van der Waals surface area contributed by atoms with Gasteiger partial charge in [-0.3, -0.25) is 14.5 Å². The first kappa shape index (κ1) is 20.7. The summed E-state index contributed by atoms with van der Waals surface area (Å²) in [6.07, 6.45) is 1.48. The summed E-state index contributed by atoms with van der Waals surface area (Å²) in [7, 11) is 0. The van der Waals surface area contributed by atoms with Crippen LogP contribution in [0.15, 0.2) is 24.3 Å². The van der Waals surface area contributed by atoms with Gasteiger partial charge in [0, 0.05) is 49.7 Å². The Labute approximate surface area is 160 Å². The molecule has 1 fully saturated rings. The molecule has 144 valence electrons. The Bertz CT molecular complexity index is 584. The van der Waals surface area contributed by atoms with E-state index in [1.807, 2.05) is 0 Å². The number of ether oxygens (including phenoxy) is 1. The van der Waals surface area contributed by atoms with Crippen molar-refractivity contribution in [3.8, 4) is 0 Å². The summed E-state index contributed by atoms with van der Waals surface area (Å²) in [6.45, 7) is 7.87. The highest BCUT2D eigenvalue weighted by Gasteiger charge is 2.21. The first-order chi connectivity index (χ1) is 12.4. The first-order valence-corrected chi connectivity index (χ1v) is 9.50. The van der Waals surface area contributed by atoms with Gasteiger partial charge in [-0.2, -0.15) is 0 Å². The molecule has 1 saturated heterocycles. The van der Waals surface area contributed by atoms with Crippen LogP contribution in [-0.2, 0) is 9.53 Å². The largest absolute Gasteiger partial charge is 0.373 e. The van der Waals surface area contributed by atoms with E-state index in [-0.39, 0.29) is 24.0 Å². The molecule has 0 aromatic heterocycles. The Kier molecular flexibility index (Phi) is 8.35. The van der Waals surface area contributed by atoms with Crippen LogP contribution in [0.25, 0.3) is 0 Å². The lowest BCUT2D eigenvalue weighted by Crippen LogP contribution is -2.47. The zero-order valence-electron chi connectivity index (χ0n) is 15.5. The maximum atomic E-state index is 11.9. The summed E-state index contributed by atoms with van der Waals surface area (Å²) in [4.78, 5) is 26.1. The number of nitrogens with one attached hydrogen (secondary N) is 2. The molecule has 1 aliphatic rings. The smallest absolute Gasteiger partial charge is 0.251 e. The van der Waals surface area contributed by atoms with Gasteiger partial charge in [0.25, 0.3) is 5.91 Å².